The van der Waals surface area contributed by atoms with E-state index in [4.69, 9.17) is 0 Å². The van der Waals surface area contributed by atoms with E-state index < -0.39 is 0 Å². The molecule has 0 saturated heterocycles. The Labute approximate surface area is 158 Å². The standard InChI is InChI=1S/C19H26N6O2/c1-3-4-9-20-19(27)24-25-11-15-16(12-25)22-23-18(15)21-17(26)10-14-7-5-13(2)6-8-14/h5-8H,3-4,9-12H2,1-2H3,(H2,20,24,27)(H2,21,22,23,26). The monoisotopic (exact) mass is 370 g/mol. The van der Waals surface area contributed by atoms with E-state index in [1.165, 1.54) is 0 Å². The summed E-state index contributed by atoms with van der Waals surface area (Å²) in [6, 6.07) is 7.67. The molecule has 8 nitrogen and oxygen atoms in total. The highest BCUT2D eigenvalue weighted by molar-refractivity contribution is 5.92. The van der Waals surface area contributed by atoms with Crippen molar-refractivity contribution >= 4 is 17.8 Å². The molecule has 4 N–H and O–H groups in total. The minimum atomic E-state index is -0.220. The highest BCUT2D eigenvalue weighted by Gasteiger charge is 2.26. The van der Waals surface area contributed by atoms with E-state index in [1.54, 1.807) is 5.01 Å². The molecule has 0 bridgehead atoms. The number of urea groups is 1. The Bertz CT molecular complexity index is 799. The number of hydrogen-bond acceptors (Lipinski definition) is 4. The van der Waals surface area contributed by atoms with E-state index >= 15 is 0 Å². The molecule has 0 radical (unpaired) electrons. The number of hydrogen-bond donors (Lipinski definition) is 4. The van der Waals surface area contributed by atoms with Crippen LogP contribution in [0.3, 0.4) is 0 Å². The molecule has 3 amide bonds. The van der Waals surface area contributed by atoms with E-state index in [2.05, 4.69) is 33.2 Å². The summed E-state index contributed by atoms with van der Waals surface area (Å²) in [4.78, 5) is 24.2. The van der Waals surface area contributed by atoms with Gasteiger partial charge in [-0.05, 0) is 18.9 Å². The maximum atomic E-state index is 12.3. The van der Waals surface area contributed by atoms with Gasteiger partial charge in [-0.1, -0.05) is 43.2 Å². The summed E-state index contributed by atoms with van der Waals surface area (Å²) in [6.07, 6.45) is 2.28. The molecular formula is C19H26N6O2. The first-order valence-corrected chi connectivity index (χ1v) is 9.26. The zero-order valence-electron chi connectivity index (χ0n) is 15.8. The molecule has 1 aliphatic heterocycles. The molecule has 8 heteroatoms. The summed E-state index contributed by atoms with van der Waals surface area (Å²) in [6.45, 7) is 5.74. The van der Waals surface area contributed by atoms with Crippen LogP contribution in [0.4, 0.5) is 10.6 Å². The maximum Gasteiger partial charge on any atom is 0.329 e. The average Bonchev–Trinajstić information content (AvgIpc) is 3.18. The molecule has 1 aliphatic rings. The second-order valence-electron chi connectivity index (χ2n) is 6.81. The van der Waals surface area contributed by atoms with Crippen LogP contribution in [-0.4, -0.2) is 33.7 Å². The average molecular weight is 370 g/mol. The molecule has 2 heterocycles. The minimum Gasteiger partial charge on any atom is -0.337 e. The smallest absolute Gasteiger partial charge is 0.329 e. The van der Waals surface area contributed by atoms with Crippen LogP contribution in [0.25, 0.3) is 0 Å². The third-order valence-electron chi connectivity index (χ3n) is 4.47. The van der Waals surface area contributed by atoms with Crippen molar-refractivity contribution in [3.8, 4) is 0 Å². The number of rotatable bonds is 7. The SMILES string of the molecule is CCCCNC(=O)NN1Cc2n[nH]c(NC(=O)Cc3ccc(C)cc3)c2C1. The zero-order chi connectivity index (χ0) is 19.2. The van der Waals surface area contributed by atoms with Crippen molar-refractivity contribution in [2.75, 3.05) is 11.9 Å². The molecule has 0 unspecified atom stereocenters. The number of nitrogens with one attached hydrogen (secondary N) is 4. The number of anilines is 1. The number of carbonyl (C=O) groups excluding carboxylic acids is 2. The number of nitrogens with zero attached hydrogens (tertiary/aromatic N) is 2. The zero-order valence-corrected chi connectivity index (χ0v) is 15.8. The molecule has 0 spiro atoms. The highest BCUT2D eigenvalue weighted by atomic mass is 16.2. The molecule has 1 aromatic heterocycles. The van der Waals surface area contributed by atoms with Crippen LogP contribution >= 0.6 is 0 Å². The topological polar surface area (TPSA) is 102 Å². The lowest BCUT2D eigenvalue weighted by atomic mass is 10.1. The van der Waals surface area contributed by atoms with Crippen LogP contribution in [0.15, 0.2) is 24.3 Å². The van der Waals surface area contributed by atoms with Gasteiger partial charge in [-0.15, -0.1) is 0 Å². The second-order valence-corrected chi connectivity index (χ2v) is 6.81. The Hall–Kier alpha value is -2.87. The number of carbonyl (C=O) groups is 2. The summed E-state index contributed by atoms with van der Waals surface area (Å²) in [7, 11) is 0. The first-order valence-electron chi connectivity index (χ1n) is 9.26. The number of unbranched alkanes of at least 4 members (excludes halogenated alkanes) is 1. The van der Waals surface area contributed by atoms with E-state index in [1.807, 2.05) is 31.2 Å². The van der Waals surface area contributed by atoms with Gasteiger partial charge >= 0.3 is 6.03 Å². The van der Waals surface area contributed by atoms with Crippen molar-refractivity contribution in [1.29, 1.82) is 0 Å². The molecule has 2 aromatic rings. The van der Waals surface area contributed by atoms with Crippen LogP contribution in [-0.2, 0) is 24.3 Å². The predicted molar refractivity (Wildman–Crippen MR) is 103 cm³/mol. The third kappa shape index (κ3) is 5.07. The Morgan fingerprint density at radius 1 is 1.22 bits per heavy atom. The largest absolute Gasteiger partial charge is 0.337 e. The number of aromatic amines is 1. The molecule has 0 fully saturated rings. The molecule has 1 aromatic carbocycles. The van der Waals surface area contributed by atoms with Crippen molar-refractivity contribution in [1.82, 2.24) is 25.9 Å². The fourth-order valence-corrected chi connectivity index (χ4v) is 2.95. The lowest BCUT2D eigenvalue weighted by Gasteiger charge is -2.17. The van der Waals surface area contributed by atoms with E-state index in [0.717, 1.165) is 35.2 Å². The summed E-state index contributed by atoms with van der Waals surface area (Å²) in [5, 5.41) is 14.6. The van der Waals surface area contributed by atoms with Gasteiger partial charge in [0.2, 0.25) is 5.91 Å². The Balaban J connectivity index is 1.52. The Morgan fingerprint density at radius 2 is 2.00 bits per heavy atom. The molecule has 27 heavy (non-hydrogen) atoms. The van der Waals surface area contributed by atoms with Crippen molar-refractivity contribution in [2.24, 2.45) is 0 Å². The lowest BCUT2D eigenvalue weighted by Crippen LogP contribution is -2.45. The fraction of sp³-hybridized carbons (Fsp3) is 0.421. The maximum absolute atomic E-state index is 12.3. The van der Waals surface area contributed by atoms with Gasteiger partial charge in [0.15, 0.2) is 0 Å². The predicted octanol–water partition coefficient (Wildman–Crippen LogP) is 2.23. The van der Waals surface area contributed by atoms with Gasteiger partial charge < -0.3 is 10.6 Å². The van der Waals surface area contributed by atoms with Crippen molar-refractivity contribution in [2.45, 2.75) is 46.2 Å². The molecular weight excluding hydrogens is 344 g/mol. The van der Waals surface area contributed by atoms with Gasteiger partial charge in [-0.25, -0.2) is 9.80 Å². The van der Waals surface area contributed by atoms with Crippen LogP contribution in [0, 0.1) is 6.92 Å². The summed E-state index contributed by atoms with van der Waals surface area (Å²) in [5.74, 6) is 0.492. The lowest BCUT2D eigenvalue weighted by molar-refractivity contribution is -0.115. The van der Waals surface area contributed by atoms with Crippen LogP contribution in [0.1, 0.15) is 42.1 Å². The van der Waals surface area contributed by atoms with Gasteiger partial charge in [0.25, 0.3) is 0 Å². The molecule has 144 valence electrons. The molecule has 0 atom stereocenters. The van der Waals surface area contributed by atoms with Crippen molar-refractivity contribution < 1.29 is 9.59 Å². The second kappa shape index (κ2) is 8.68. The van der Waals surface area contributed by atoms with Gasteiger partial charge in [0, 0.05) is 18.7 Å². The van der Waals surface area contributed by atoms with Crippen LogP contribution in [0.2, 0.25) is 0 Å². The number of aryl methyl sites for hydroxylation is 1. The molecule has 0 saturated carbocycles. The van der Waals surface area contributed by atoms with Crippen molar-refractivity contribution in [3.05, 3.63) is 46.6 Å². The first-order chi connectivity index (χ1) is 13.0. The highest BCUT2D eigenvalue weighted by Crippen LogP contribution is 2.25. The minimum absolute atomic E-state index is 0.103. The molecule has 0 aliphatic carbocycles. The number of hydrazine groups is 1. The van der Waals surface area contributed by atoms with Gasteiger partial charge in [-0.3, -0.25) is 15.3 Å². The Morgan fingerprint density at radius 3 is 2.74 bits per heavy atom. The quantitative estimate of drug-likeness (QED) is 0.561. The number of H-pyrrole nitrogens is 1. The normalized spacial score (nSPS) is 13.3. The van der Waals surface area contributed by atoms with E-state index in [0.29, 0.717) is 31.9 Å². The summed E-state index contributed by atoms with van der Waals surface area (Å²) < 4.78 is 0. The third-order valence-corrected chi connectivity index (χ3v) is 4.47. The van der Waals surface area contributed by atoms with Crippen molar-refractivity contribution in [3.63, 3.8) is 0 Å². The van der Waals surface area contributed by atoms with Gasteiger partial charge in [0.1, 0.15) is 5.82 Å². The summed E-state index contributed by atoms with van der Waals surface area (Å²) in [5.41, 5.74) is 6.67. The van der Waals surface area contributed by atoms with Crippen LogP contribution < -0.4 is 16.1 Å². The number of amides is 3. The number of fused-ring (bicyclic) bond motifs is 1. The Kier molecular flexibility index (Phi) is 6.08. The molecule has 3 rings (SSSR count). The summed E-state index contributed by atoms with van der Waals surface area (Å²) >= 11 is 0. The number of benzene rings is 1. The number of aromatic nitrogens is 2. The fourth-order valence-electron chi connectivity index (χ4n) is 2.95. The van der Waals surface area contributed by atoms with Crippen LogP contribution in [0.5, 0.6) is 0 Å². The van der Waals surface area contributed by atoms with E-state index in [9.17, 15) is 9.59 Å². The van der Waals surface area contributed by atoms with E-state index in [-0.39, 0.29) is 11.9 Å². The van der Waals surface area contributed by atoms with Gasteiger partial charge in [-0.2, -0.15) is 5.10 Å². The van der Waals surface area contributed by atoms with Gasteiger partial charge in [0.05, 0.1) is 18.7 Å². The first kappa shape index (κ1) is 18.9.